The molecule has 2 aromatic rings. The maximum absolute atomic E-state index is 11.4. The van der Waals surface area contributed by atoms with Gasteiger partial charge < -0.3 is 4.90 Å². The quantitative estimate of drug-likeness (QED) is 0.852. The summed E-state index contributed by atoms with van der Waals surface area (Å²) >= 11 is 0. The van der Waals surface area contributed by atoms with Crippen molar-refractivity contribution in [2.45, 2.75) is 19.8 Å². The van der Waals surface area contributed by atoms with Gasteiger partial charge in [0, 0.05) is 39.0 Å². The number of carbonyl (C=O) groups excluding carboxylic acids is 1. The van der Waals surface area contributed by atoms with Crippen molar-refractivity contribution in [3.8, 4) is 11.4 Å². The second-order valence-electron chi connectivity index (χ2n) is 5.56. The van der Waals surface area contributed by atoms with Gasteiger partial charge in [0.05, 0.1) is 11.4 Å². The fraction of sp³-hybridized carbons (Fsp3) is 0.467. The van der Waals surface area contributed by atoms with Crippen molar-refractivity contribution in [2.24, 2.45) is 13.0 Å². The normalized spacial score (nSPS) is 18.2. The van der Waals surface area contributed by atoms with Gasteiger partial charge in [0.2, 0.25) is 5.91 Å². The van der Waals surface area contributed by atoms with Crippen molar-refractivity contribution in [3.05, 3.63) is 30.4 Å². The first-order chi connectivity index (χ1) is 10.1. The molecule has 0 radical (unpaired) electrons. The van der Waals surface area contributed by atoms with Gasteiger partial charge in [0.25, 0.3) is 0 Å². The van der Waals surface area contributed by atoms with Crippen LogP contribution in [0.1, 0.15) is 19.0 Å². The number of hydrogen-bond donors (Lipinski definition) is 0. The van der Waals surface area contributed by atoms with Crippen molar-refractivity contribution >= 4 is 5.91 Å². The fourth-order valence-corrected chi connectivity index (χ4v) is 2.86. The number of likely N-dealkylation sites (tertiary alicyclic amines) is 1. The summed E-state index contributed by atoms with van der Waals surface area (Å²) in [6.07, 6.45) is 5.30. The second kappa shape index (κ2) is 5.63. The van der Waals surface area contributed by atoms with Gasteiger partial charge in [-0.25, -0.2) is 9.97 Å². The van der Waals surface area contributed by atoms with Crippen molar-refractivity contribution in [1.82, 2.24) is 24.6 Å². The third-order valence-corrected chi connectivity index (χ3v) is 4.04. The van der Waals surface area contributed by atoms with Gasteiger partial charge in [0.15, 0.2) is 0 Å². The fourth-order valence-electron chi connectivity index (χ4n) is 2.86. The van der Waals surface area contributed by atoms with E-state index in [9.17, 15) is 4.79 Å². The minimum atomic E-state index is 0.163. The van der Waals surface area contributed by atoms with Crippen LogP contribution in [0.2, 0.25) is 0 Å². The molecule has 0 aliphatic carbocycles. The predicted octanol–water partition coefficient (Wildman–Crippen LogP) is 1.29. The Bertz CT molecular complexity index is 651. The summed E-state index contributed by atoms with van der Waals surface area (Å²) in [5.74, 6) is 0.652. The molecule has 0 bridgehead atoms. The van der Waals surface area contributed by atoms with Crippen LogP contribution in [0.25, 0.3) is 11.4 Å². The van der Waals surface area contributed by atoms with Gasteiger partial charge in [0.1, 0.15) is 6.33 Å². The van der Waals surface area contributed by atoms with E-state index in [1.807, 2.05) is 24.1 Å². The van der Waals surface area contributed by atoms with Crippen molar-refractivity contribution in [2.75, 3.05) is 13.1 Å². The molecule has 0 aromatic carbocycles. The van der Waals surface area contributed by atoms with Gasteiger partial charge >= 0.3 is 0 Å². The van der Waals surface area contributed by atoms with Crippen LogP contribution in [0.3, 0.4) is 0 Å². The molecule has 110 valence electrons. The first-order valence-electron chi connectivity index (χ1n) is 7.18. The summed E-state index contributed by atoms with van der Waals surface area (Å²) in [7, 11) is 1.90. The highest BCUT2D eigenvalue weighted by molar-refractivity contribution is 5.73. The average Bonchev–Trinajstić information content (AvgIpc) is 3.08. The largest absolute Gasteiger partial charge is 0.343 e. The summed E-state index contributed by atoms with van der Waals surface area (Å²) in [4.78, 5) is 22.0. The molecule has 1 saturated heterocycles. The molecule has 1 unspecified atom stereocenters. The Kier molecular flexibility index (Phi) is 3.68. The van der Waals surface area contributed by atoms with E-state index in [1.54, 1.807) is 24.1 Å². The second-order valence-corrected chi connectivity index (χ2v) is 5.56. The topological polar surface area (TPSA) is 63.9 Å². The maximum Gasteiger partial charge on any atom is 0.219 e. The predicted molar refractivity (Wildman–Crippen MR) is 78.3 cm³/mol. The molecule has 1 aliphatic rings. The smallest absolute Gasteiger partial charge is 0.219 e. The summed E-state index contributed by atoms with van der Waals surface area (Å²) in [6.45, 7) is 3.33. The van der Waals surface area contributed by atoms with Crippen LogP contribution in [-0.2, 0) is 18.3 Å². The van der Waals surface area contributed by atoms with E-state index in [0.29, 0.717) is 5.92 Å². The third kappa shape index (κ3) is 2.94. The highest BCUT2D eigenvalue weighted by atomic mass is 16.2. The number of carbonyl (C=O) groups is 1. The number of aryl methyl sites for hydroxylation is 1. The Morgan fingerprint density at radius 2 is 2.29 bits per heavy atom. The average molecular weight is 285 g/mol. The van der Waals surface area contributed by atoms with Crippen LogP contribution in [0, 0.1) is 5.92 Å². The molecule has 2 aromatic heterocycles. The van der Waals surface area contributed by atoms with Crippen LogP contribution in [0.4, 0.5) is 0 Å². The molecule has 1 fully saturated rings. The van der Waals surface area contributed by atoms with Crippen LogP contribution in [0.5, 0.6) is 0 Å². The molecule has 1 aliphatic heterocycles. The van der Waals surface area contributed by atoms with E-state index in [-0.39, 0.29) is 5.91 Å². The Morgan fingerprint density at radius 1 is 1.43 bits per heavy atom. The maximum atomic E-state index is 11.4. The highest BCUT2D eigenvalue weighted by Crippen LogP contribution is 2.22. The van der Waals surface area contributed by atoms with Crippen LogP contribution >= 0.6 is 0 Å². The van der Waals surface area contributed by atoms with Gasteiger partial charge in [-0.1, -0.05) is 0 Å². The van der Waals surface area contributed by atoms with Crippen LogP contribution in [0.15, 0.2) is 24.7 Å². The molecule has 3 heterocycles. The van der Waals surface area contributed by atoms with Crippen LogP contribution in [-0.4, -0.2) is 43.6 Å². The Balaban J connectivity index is 1.73. The molecular formula is C15H19N5O. The first-order valence-corrected chi connectivity index (χ1v) is 7.18. The summed E-state index contributed by atoms with van der Waals surface area (Å²) in [6, 6.07) is 3.96. The van der Waals surface area contributed by atoms with Crippen molar-refractivity contribution < 1.29 is 4.79 Å². The van der Waals surface area contributed by atoms with Gasteiger partial charge in [-0.3, -0.25) is 9.48 Å². The zero-order chi connectivity index (χ0) is 14.8. The lowest BCUT2D eigenvalue weighted by Gasteiger charge is -2.13. The van der Waals surface area contributed by atoms with Gasteiger partial charge in [-0.2, -0.15) is 5.10 Å². The Hall–Kier alpha value is -2.24. The molecular weight excluding hydrogens is 266 g/mol. The molecule has 21 heavy (non-hydrogen) atoms. The van der Waals surface area contributed by atoms with E-state index in [1.165, 1.54) is 0 Å². The number of aromatic nitrogens is 4. The van der Waals surface area contributed by atoms with Crippen molar-refractivity contribution in [1.29, 1.82) is 0 Å². The summed E-state index contributed by atoms with van der Waals surface area (Å²) in [5, 5.41) is 4.17. The molecule has 1 atom stereocenters. The molecule has 3 rings (SSSR count). The van der Waals surface area contributed by atoms with E-state index >= 15 is 0 Å². The SMILES string of the molecule is CC(=O)N1CCC(Cc2cc(-c3ccnn3C)ncn2)C1. The first kappa shape index (κ1) is 13.7. The zero-order valence-electron chi connectivity index (χ0n) is 12.4. The number of hydrogen-bond acceptors (Lipinski definition) is 4. The Labute approximate surface area is 123 Å². The lowest BCUT2D eigenvalue weighted by atomic mass is 10.0. The van der Waals surface area contributed by atoms with E-state index < -0.39 is 0 Å². The lowest BCUT2D eigenvalue weighted by molar-refractivity contribution is -0.127. The number of amides is 1. The van der Waals surface area contributed by atoms with E-state index in [4.69, 9.17) is 0 Å². The van der Waals surface area contributed by atoms with Gasteiger partial charge in [-0.15, -0.1) is 0 Å². The zero-order valence-corrected chi connectivity index (χ0v) is 12.4. The molecule has 0 spiro atoms. The van der Waals surface area contributed by atoms with E-state index in [2.05, 4.69) is 15.1 Å². The Morgan fingerprint density at radius 3 is 2.95 bits per heavy atom. The van der Waals surface area contributed by atoms with E-state index in [0.717, 1.165) is 43.0 Å². The van der Waals surface area contributed by atoms with Gasteiger partial charge in [-0.05, 0) is 30.9 Å². The molecule has 6 heteroatoms. The molecule has 1 amide bonds. The molecule has 0 N–H and O–H groups in total. The monoisotopic (exact) mass is 285 g/mol. The summed E-state index contributed by atoms with van der Waals surface area (Å²) < 4.78 is 1.80. The minimum Gasteiger partial charge on any atom is -0.343 e. The standard InChI is InChI=1S/C15H19N5O/c1-11(21)20-6-4-12(9-20)7-13-8-14(17-10-16-13)15-3-5-18-19(15)2/h3,5,8,10,12H,4,6-7,9H2,1-2H3. The molecule has 6 nitrogen and oxygen atoms in total. The third-order valence-electron chi connectivity index (χ3n) is 4.04. The minimum absolute atomic E-state index is 0.163. The lowest BCUT2D eigenvalue weighted by Crippen LogP contribution is -2.26. The molecule has 0 saturated carbocycles. The highest BCUT2D eigenvalue weighted by Gasteiger charge is 2.24. The summed E-state index contributed by atoms with van der Waals surface area (Å²) in [5.41, 5.74) is 2.90. The van der Waals surface area contributed by atoms with Crippen LogP contribution < -0.4 is 0 Å². The number of rotatable bonds is 3. The van der Waals surface area contributed by atoms with Crippen molar-refractivity contribution in [3.63, 3.8) is 0 Å². The number of nitrogens with zero attached hydrogens (tertiary/aromatic N) is 5.